The molecule has 2 aliphatic rings. The minimum Gasteiger partial charge on any atom is -0.354 e. The molecule has 0 saturated carbocycles. The number of carbonyl (C=O) groups excluding carboxylic acids is 1. The quantitative estimate of drug-likeness (QED) is 0.593. The molecule has 7 heteroatoms. The van der Waals surface area contributed by atoms with Crippen LogP contribution in [0.3, 0.4) is 0 Å². The average Bonchev–Trinajstić information content (AvgIpc) is 3.02. The summed E-state index contributed by atoms with van der Waals surface area (Å²) >= 11 is 0. The molecule has 0 N–H and O–H groups in total. The lowest BCUT2D eigenvalue weighted by Crippen LogP contribution is -2.45. The molecule has 3 aromatic rings. The number of aromatic nitrogens is 4. The molecule has 2 aliphatic heterocycles. The van der Waals surface area contributed by atoms with Crippen LogP contribution in [0.5, 0.6) is 0 Å². The summed E-state index contributed by atoms with van der Waals surface area (Å²) in [7, 11) is 0. The Morgan fingerprint density at radius 2 is 2.00 bits per heavy atom. The van der Waals surface area contributed by atoms with Crippen molar-refractivity contribution in [3.05, 3.63) is 41.5 Å². The lowest BCUT2D eigenvalue weighted by Gasteiger charge is -2.35. The Morgan fingerprint density at radius 3 is 2.85 bits per heavy atom. The number of amides is 1. The number of piperidine rings is 1. The van der Waals surface area contributed by atoms with Crippen molar-refractivity contribution in [1.82, 2.24) is 19.5 Å². The van der Waals surface area contributed by atoms with E-state index in [-0.39, 0.29) is 11.8 Å². The van der Waals surface area contributed by atoms with Gasteiger partial charge in [-0.2, -0.15) is 0 Å². The van der Waals surface area contributed by atoms with E-state index in [2.05, 4.69) is 58.4 Å². The third kappa shape index (κ3) is 4.09. The molecule has 1 aromatic carbocycles. The monoisotopic (exact) mass is 446 g/mol. The number of fused-ring (bicyclic) bond motifs is 3. The maximum atomic E-state index is 13.7. The highest BCUT2D eigenvalue weighted by atomic mass is 16.2. The molecular formula is C26H34N6O. The Bertz CT molecular complexity index is 1170. The fraction of sp³-hybridized carbons (Fsp3) is 0.538. The van der Waals surface area contributed by atoms with Gasteiger partial charge in [0.15, 0.2) is 17.0 Å². The molecule has 7 nitrogen and oxygen atoms in total. The van der Waals surface area contributed by atoms with Gasteiger partial charge in [-0.3, -0.25) is 4.79 Å². The molecule has 0 aliphatic carbocycles. The van der Waals surface area contributed by atoms with E-state index >= 15 is 0 Å². The van der Waals surface area contributed by atoms with E-state index in [1.54, 1.807) is 6.33 Å². The summed E-state index contributed by atoms with van der Waals surface area (Å²) in [5.74, 6) is 2.17. The molecule has 1 atom stereocenters. The van der Waals surface area contributed by atoms with Crippen molar-refractivity contribution in [1.29, 1.82) is 0 Å². The lowest BCUT2D eigenvalue weighted by atomic mass is 9.95. The fourth-order valence-corrected chi connectivity index (χ4v) is 5.40. The van der Waals surface area contributed by atoms with Crippen molar-refractivity contribution >= 4 is 28.6 Å². The molecular weight excluding hydrogens is 412 g/mol. The Morgan fingerprint density at radius 1 is 1.12 bits per heavy atom. The summed E-state index contributed by atoms with van der Waals surface area (Å²) in [5.41, 5.74) is 5.18. The Hall–Kier alpha value is -2.96. The van der Waals surface area contributed by atoms with Crippen LogP contribution in [0, 0.1) is 19.8 Å². The first-order chi connectivity index (χ1) is 16.1. The predicted octanol–water partition coefficient (Wildman–Crippen LogP) is 4.44. The van der Waals surface area contributed by atoms with E-state index in [1.807, 2.05) is 4.90 Å². The minimum atomic E-state index is -0.0518. The molecule has 1 saturated heterocycles. The van der Waals surface area contributed by atoms with Crippen LogP contribution in [0.25, 0.3) is 11.2 Å². The van der Waals surface area contributed by atoms with Crippen LogP contribution >= 0.6 is 0 Å². The highest BCUT2D eigenvalue weighted by molar-refractivity contribution is 5.96. The normalized spacial score (nSPS) is 18.8. The number of nitrogens with zero attached hydrogens (tertiary/aromatic N) is 6. The molecule has 0 spiro atoms. The second-order valence-electron chi connectivity index (χ2n) is 9.52. The molecule has 0 radical (unpaired) electrons. The van der Waals surface area contributed by atoms with E-state index in [0.717, 1.165) is 66.4 Å². The highest BCUT2D eigenvalue weighted by Gasteiger charge is 2.32. The summed E-state index contributed by atoms with van der Waals surface area (Å²) < 4.78 is 2.28. The zero-order valence-corrected chi connectivity index (χ0v) is 20.0. The van der Waals surface area contributed by atoms with Crippen LogP contribution < -0.4 is 9.80 Å². The van der Waals surface area contributed by atoms with Gasteiger partial charge in [-0.1, -0.05) is 18.6 Å². The van der Waals surface area contributed by atoms with E-state index in [0.29, 0.717) is 13.1 Å². The van der Waals surface area contributed by atoms with E-state index in [1.165, 1.54) is 24.8 Å². The molecule has 33 heavy (non-hydrogen) atoms. The zero-order chi connectivity index (χ0) is 22.9. The van der Waals surface area contributed by atoms with Crippen molar-refractivity contribution in [3.63, 3.8) is 0 Å². The number of aryl methyl sites for hydroxylation is 4. The third-order valence-electron chi connectivity index (χ3n) is 7.18. The van der Waals surface area contributed by atoms with Crippen molar-refractivity contribution in [2.45, 2.75) is 65.8 Å². The minimum absolute atomic E-state index is 0.0518. The van der Waals surface area contributed by atoms with Crippen LogP contribution in [0.1, 0.15) is 56.0 Å². The van der Waals surface area contributed by atoms with Crippen molar-refractivity contribution in [2.24, 2.45) is 5.92 Å². The first-order valence-corrected chi connectivity index (χ1v) is 12.4. The number of anilines is 2. The summed E-state index contributed by atoms with van der Waals surface area (Å²) in [4.78, 5) is 32.1. The molecule has 174 valence electrons. The molecule has 4 heterocycles. The van der Waals surface area contributed by atoms with Crippen molar-refractivity contribution in [2.75, 3.05) is 29.4 Å². The number of imidazole rings is 1. The van der Waals surface area contributed by atoms with Crippen molar-refractivity contribution < 1.29 is 4.79 Å². The van der Waals surface area contributed by atoms with Crippen molar-refractivity contribution in [3.8, 4) is 0 Å². The molecule has 0 bridgehead atoms. The first kappa shape index (κ1) is 21.9. The lowest BCUT2D eigenvalue weighted by molar-refractivity contribution is -0.122. The van der Waals surface area contributed by atoms with Gasteiger partial charge in [0.25, 0.3) is 0 Å². The fourth-order valence-electron chi connectivity index (χ4n) is 5.40. The summed E-state index contributed by atoms with van der Waals surface area (Å²) in [6.07, 6.45) is 8.13. The maximum Gasteiger partial charge on any atom is 0.231 e. The van der Waals surface area contributed by atoms with Crippen LogP contribution in [0.15, 0.2) is 24.5 Å². The van der Waals surface area contributed by atoms with Crippen LogP contribution in [0.4, 0.5) is 11.5 Å². The second-order valence-corrected chi connectivity index (χ2v) is 9.52. The van der Waals surface area contributed by atoms with Gasteiger partial charge < -0.3 is 14.4 Å². The number of carbonyl (C=O) groups is 1. The highest BCUT2D eigenvalue weighted by Crippen LogP contribution is 2.31. The van der Waals surface area contributed by atoms with Gasteiger partial charge >= 0.3 is 0 Å². The molecule has 2 aromatic heterocycles. The number of benzene rings is 1. The topological polar surface area (TPSA) is 67.2 Å². The molecule has 1 amide bonds. The van der Waals surface area contributed by atoms with Crippen LogP contribution in [-0.4, -0.2) is 45.1 Å². The third-order valence-corrected chi connectivity index (χ3v) is 7.18. The summed E-state index contributed by atoms with van der Waals surface area (Å²) in [5, 5.41) is 0. The van der Waals surface area contributed by atoms with Crippen LogP contribution in [-0.2, 0) is 17.8 Å². The smallest absolute Gasteiger partial charge is 0.231 e. The van der Waals surface area contributed by atoms with E-state index in [9.17, 15) is 4.79 Å². The standard InChI is InChI=1S/C26H34N6O/c1-4-31(21-15-18(2)11-12-19(21)3)26(33)20-9-8-13-30(16-20)24-23-25(28-17-27-24)32-14-7-5-6-10-22(32)29-23/h11-12,15,17,20H,4-10,13-14,16H2,1-3H3. The van der Waals surface area contributed by atoms with Gasteiger partial charge in [0.2, 0.25) is 5.91 Å². The van der Waals surface area contributed by atoms with Gasteiger partial charge in [0.1, 0.15) is 12.2 Å². The number of hydrogen-bond donors (Lipinski definition) is 0. The Kier molecular flexibility index (Phi) is 6.04. The van der Waals surface area contributed by atoms with E-state index in [4.69, 9.17) is 4.98 Å². The SMILES string of the molecule is CCN(C(=O)C1CCCN(c2ncnc3c2nc2n3CCCCC2)C1)c1cc(C)ccc1C. The summed E-state index contributed by atoms with van der Waals surface area (Å²) in [6, 6.07) is 6.34. The zero-order valence-electron chi connectivity index (χ0n) is 20.0. The Balaban J connectivity index is 1.42. The van der Waals surface area contributed by atoms with Crippen LogP contribution in [0.2, 0.25) is 0 Å². The average molecular weight is 447 g/mol. The summed E-state index contributed by atoms with van der Waals surface area (Å²) in [6.45, 7) is 9.44. The predicted molar refractivity (Wildman–Crippen MR) is 132 cm³/mol. The van der Waals surface area contributed by atoms with Gasteiger partial charge in [-0.25, -0.2) is 15.0 Å². The van der Waals surface area contributed by atoms with Gasteiger partial charge in [0.05, 0.1) is 5.92 Å². The Labute approximate surface area is 195 Å². The van der Waals surface area contributed by atoms with Gasteiger partial charge in [-0.15, -0.1) is 0 Å². The maximum absolute atomic E-state index is 13.7. The largest absolute Gasteiger partial charge is 0.354 e. The second kappa shape index (κ2) is 9.12. The molecule has 5 rings (SSSR count). The first-order valence-electron chi connectivity index (χ1n) is 12.4. The van der Waals surface area contributed by atoms with Gasteiger partial charge in [-0.05, 0) is 63.6 Å². The number of hydrogen-bond acceptors (Lipinski definition) is 5. The van der Waals surface area contributed by atoms with E-state index < -0.39 is 0 Å². The molecule has 1 fully saturated rings. The number of rotatable bonds is 4. The van der Waals surface area contributed by atoms with Gasteiger partial charge in [0, 0.05) is 38.3 Å². The molecule has 1 unspecified atom stereocenters.